The standard InChI is InChI=1S/C25H21N3O4S2/c1-28(20-5-3-2-4-6-20)34(30,31)21-10-7-17(8-11-21)24(29)27-25-26-22(16-33-25)18-9-12-23-19(15-18)13-14-32-23/h2-12,15-16H,13-14H2,1H3,(H,26,27,29). The molecule has 3 aromatic carbocycles. The van der Waals surface area contributed by atoms with E-state index in [1.165, 1.54) is 47.0 Å². The SMILES string of the molecule is CN(c1ccccc1)S(=O)(=O)c1ccc(C(=O)Nc2nc(-c3ccc4c(c3)CCO4)cs2)cc1. The van der Waals surface area contributed by atoms with Crippen LogP contribution in [0.2, 0.25) is 0 Å². The van der Waals surface area contributed by atoms with E-state index in [1.54, 1.807) is 24.3 Å². The van der Waals surface area contributed by atoms with Gasteiger partial charge in [-0.05, 0) is 60.2 Å². The summed E-state index contributed by atoms with van der Waals surface area (Å²) in [7, 11) is -2.24. The van der Waals surface area contributed by atoms with Gasteiger partial charge in [0.2, 0.25) is 0 Å². The van der Waals surface area contributed by atoms with Crippen LogP contribution in [-0.2, 0) is 16.4 Å². The molecule has 0 fully saturated rings. The van der Waals surface area contributed by atoms with Gasteiger partial charge in [-0.3, -0.25) is 14.4 Å². The zero-order valence-electron chi connectivity index (χ0n) is 18.3. The van der Waals surface area contributed by atoms with Crippen LogP contribution in [0.3, 0.4) is 0 Å². The zero-order chi connectivity index (χ0) is 23.7. The number of benzene rings is 3. The van der Waals surface area contributed by atoms with Crippen molar-refractivity contribution >= 4 is 38.1 Å². The molecular weight excluding hydrogens is 470 g/mol. The number of nitrogens with zero attached hydrogens (tertiary/aromatic N) is 2. The predicted octanol–water partition coefficient (Wildman–Crippen LogP) is 4.82. The van der Waals surface area contributed by atoms with Gasteiger partial charge in [-0.15, -0.1) is 11.3 Å². The lowest BCUT2D eigenvalue weighted by Crippen LogP contribution is -2.26. The first kappa shape index (κ1) is 22.1. The molecule has 172 valence electrons. The summed E-state index contributed by atoms with van der Waals surface area (Å²) in [6, 6.07) is 20.6. The summed E-state index contributed by atoms with van der Waals surface area (Å²) >= 11 is 1.33. The Hall–Kier alpha value is -3.69. The summed E-state index contributed by atoms with van der Waals surface area (Å²) in [5, 5.41) is 5.15. The van der Waals surface area contributed by atoms with Crippen LogP contribution in [0, 0.1) is 0 Å². The average Bonchev–Trinajstić information content (AvgIpc) is 3.53. The van der Waals surface area contributed by atoms with Crippen molar-refractivity contribution in [2.24, 2.45) is 0 Å². The molecule has 1 aromatic heterocycles. The number of hydrogen-bond acceptors (Lipinski definition) is 6. The van der Waals surface area contributed by atoms with Crippen LogP contribution in [0.25, 0.3) is 11.3 Å². The summed E-state index contributed by atoms with van der Waals surface area (Å²) in [4.78, 5) is 17.3. The minimum atomic E-state index is -3.74. The molecule has 5 rings (SSSR count). The van der Waals surface area contributed by atoms with E-state index in [4.69, 9.17) is 4.74 Å². The average molecular weight is 492 g/mol. The maximum absolute atomic E-state index is 12.9. The number of rotatable bonds is 6. The van der Waals surface area contributed by atoms with Gasteiger partial charge in [0.05, 0.1) is 22.9 Å². The Morgan fingerprint density at radius 2 is 1.82 bits per heavy atom. The maximum atomic E-state index is 12.9. The van der Waals surface area contributed by atoms with Crippen molar-refractivity contribution in [3.63, 3.8) is 0 Å². The molecule has 7 nitrogen and oxygen atoms in total. The molecule has 2 heterocycles. The van der Waals surface area contributed by atoms with Crippen LogP contribution >= 0.6 is 11.3 Å². The Kier molecular flexibility index (Phi) is 5.80. The van der Waals surface area contributed by atoms with Crippen molar-refractivity contribution in [1.82, 2.24) is 4.98 Å². The fourth-order valence-electron chi connectivity index (χ4n) is 3.69. The van der Waals surface area contributed by atoms with Gasteiger partial charge < -0.3 is 4.74 Å². The van der Waals surface area contributed by atoms with Crippen LogP contribution < -0.4 is 14.4 Å². The van der Waals surface area contributed by atoms with Crippen molar-refractivity contribution in [3.8, 4) is 17.0 Å². The van der Waals surface area contributed by atoms with E-state index in [0.717, 1.165) is 29.0 Å². The van der Waals surface area contributed by atoms with Crippen molar-refractivity contribution in [3.05, 3.63) is 89.3 Å². The highest BCUT2D eigenvalue weighted by Gasteiger charge is 2.22. The van der Waals surface area contributed by atoms with Gasteiger partial charge in [0.1, 0.15) is 5.75 Å². The van der Waals surface area contributed by atoms with E-state index < -0.39 is 10.0 Å². The molecule has 1 aliphatic heterocycles. The fourth-order valence-corrected chi connectivity index (χ4v) is 5.60. The minimum absolute atomic E-state index is 0.104. The molecule has 1 aliphatic rings. The highest BCUT2D eigenvalue weighted by Crippen LogP contribution is 2.32. The number of carbonyl (C=O) groups excluding carboxylic acids is 1. The number of ether oxygens (including phenoxy) is 1. The summed E-state index contributed by atoms with van der Waals surface area (Å²) in [5.41, 5.74) is 3.80. The molecule has 34 heavy (non-hydrogen) atoms. The number of thiazole rings is 1. The second kappa shape index (κ2) is 8.92. The summed E-state index contributed by atoms with van der Waals surface area (Å²) in [6.07, 6.45) is 0.879. The lowest BCUT2D eigenvalue weighted by atomic mass is 10.1. The first-order valence-electron chi connectivity index (χ1n) is 10.6. The Morgan fingerprint density at radius 1 is 1.06 bits per heavy atom. The molecule has 9 heteroatoms. The number of amides is 1. The van der Waals surface area contributed by atoms with Gasteiger partial charge in [0.25, 0.3) is 15.9 Å². The fraction of sp³-hybridized carbons (Fsp3) is 0.120. The van der Waals surface area contributed by atoms with Crippen LogP contribution in [0.5, 0.6) is 5.75 Å². The molecule has 0 aliphatic carbocycles. The van der Waals surface area contributed by atoms with Gasteiger partial charge >= 0.3 is 0 Å². The monoisotopic (exact) mass is 491 g/mol. The number of para-hydroxylation sites is 1. The van der Waals surface area contributed by atoms with E-state index in [9.17, 15) is 13.2 Å². The maximum Gasteiger partial charge on any atom is 0.264 e. The van der Waals surface area contributed by atoms with E-state index in [1.807, 2.05) is 23.6 Å². The normalized spacial score (nSPS) is 12.6. The Bertz CT molecular complexity index is 1450. The molecule has 0 bridgehead atoms. The molecule has 1 amide bonds. The minimum Gasteiger partial charge on any atom is -0.493 e. The summed E-state index contributed by atoms with van der Waals surface area (Å²) in [6.45, 7) is 0.694. The second-order valence-corrected chi connectivity index (χ2v) is 10.6. The highest BCUT2D eigenvalue weighted by atomic mass is 32.2. The third-order valence-electron chi connectivity index (χ3n) is 5.60. The number of anilines is 2. The van der Waals surface area contributed by atoms with Gasteiger partial charge in [0, 0.05) is 30.0 Å². The first-order chi connectivity index (χ1) is 16.4. The van der Waals surface area contributed by atoms with Gasteiger partial charge in [-0.1, -0.05) is 18.2 Å². The van der Waals surface area contributed by atoms with Gasteiger partial charge in [-0.2, -0.15) is 0 Å². The smallest absolute Gasteiger partial charge is 0.264 e. The second-order valence-electron chi connectivity index (χ2n) is 7.75. The topological polar surface area (TPSA) is 88.6 Å². The third-order valence-corrected chi connectivity index (χ3v) is 8.16. The number of nitrogens with one attached hydrogen (secondary N) is 1. The Labute approximate surface area is 201 Å². The van der Waals surface area contributed by atoms with E-state index >= 15 is 0 Å². The van der Waals surface area contributed by atoms with Crippen LogP contribution in [0.15, 0.2) is 83.1 Å². The lowest BCUT2D eigenvalue weighted by Gasteiger charge is -2.19. The molecule has 0 spiro atoms. The first-order valence-corrected chi connectivity index (χ1v) is 12.9. The molecule has 4 aromatic rings. The number of carbonyl (C=O) groups is 1. The van der Waals surface area contributed by atoms with Crippen molar-refractivity contribution in [1.29, 1.82) is 0 Å². The molecule has 0 unspecified atom stereocenters. The molecule has 0 radical (unpaired) electrons. The van der Waals surface area contributed by atoms with Crippen molar-refractivity contribution in [2.75, 3.05) is 23.3 Å². The molecule has 0 saturated heterocycles. The van der Waals surface area contributed by atoms with E-state index in [2.05, 4.69) is 16.4 Å². The number of sulfonamides is 1. The molecule has 0 atom stereocenters. The van der Waals surface area contributed by atoms with Gasteiger partial charge in [0.15, 0.2) is 5.13 Å². The quantitative estimate of drug-likeness (QED) is 0.418. The summed E-state index contributed by atoms with van der Waals surface area (Å²) < 4.78 is 32.6. The lowest BCUT2D eigenvalue weighted by molar-refractivity contribution is 0.102. The Balaban J connectivity index is 1.29. The van der Waals surface area contributed by atoms with Crippen LogP contribution in [-0.4, -0.2) is 33.0 Å². The van der Waals surface area contributed by atoms with Crippen molar-refractivity contribution < 1.29 is 17.9 Å². The number of hydrogen-bond donors (Lipinski definition) is 1. The zero-order valence-corrected chi connectivity index (χ0v) is 19.9. The van der Waals surface area contributed by atoms with Crippen molar-refractivity contribution in [2.45, 2.75) is 11.3 Å². The van der Waals surface area contributed by atoms with Crippen LogP contribution in [0.1, 0.15) is 15.9 Å². The van der Waals surface area contributed by atoms with Gasteiger partial charge in [-0.25, -0.2) is 13.4 Å². The largest absolute Gasteiger partial charge is 0.493 e. The molecular formula is C25H21N3O4S2. The predicted molar refractivity (Wildman–Crippen MR) is 133 cm³/mol. The summed E-state index contributed by atoms with van der Waals surface area (Å²) in [5.74, 6) is 0.552. The van der Waals surface area contributed by atoms with Crippen LogP contribution in [0.4, 0.5) is 10.8 Å². The molecule has 0 saturated carbocycles. The number of aromatic nitrogens is 1. The highest BCUT2D eigenvalue weighted by molar-refractivity contribution is 7.92. The number of fused-ring (bicyclic) bond motifs is 1. The van der Waals surface area contributed by atoms with E-state index in [0.29, 0.717) is 23.0 Å². The third kappa shape index (κ3) is 4.27. The molecule has 1 N–H and O–H groups in total. The Morgan fingerprint density at radius 3 is 2.59 bits per heavy atom. The van der Waals surface area contributed by atoms with E-state index in [-0.39, 0.29) is 10.8 Å².